The molecule has 0 spiro atoms. The lowest BCUT2D eigenvalue weighted by molar-refractivity contribution is -0.162. The van der Waals surface area contributed by atoms with Crippen LogP contribution in [-0.2, 0) is 14.3 Å². The quantitative estimate of drug-likeness (QED) is 0.623. The van der Waals surface area contributed by atoms with E-state index in [1.54, 1.807) is 0 Å². The average molecular weight is 478 g/mol. The van der Waals surface area contributed by atoms with Crippen molar-refractivity contribution in [3.63, 3.8) is 0 Å². The van der Waals surface area contributed by atoms with Crippen LogP contribution in [0, 0.1) is 0 Å². The molecular formula is C24H25F3N2O5. The molecule has 1 aliphatic rings. The van der Waals surface area contributed by atoms with Crippen molar-refractivity contribution in [2.75, 3.05) is 13.7 Å². The van der Waals surface area contributed by atoms with Gasteiger partial charge in [-0.25, -0.2) is 9.59 Å². The molecule has 0 saturated heterocycles. The number of aliphatic carboxylic acids is 1. The van der Waals surface area contributed by atoms with Gasteiger partial charge in [-0.05, 0) is 36.1 Å². The first-order valence-corrected chi connectivity index (χ1v) is 10.5. The number of rotatable bonds is 7. The second-order valence-corrected chi connectivity index (χ2v) is 8.60. The first kappa shape index (κ1) is 25.1. The van der Waals surface area contributed by atoms with Gasteiger partial charge in [0.2, 0.25) is 5.91 Å². The summed E-state index contributed by atoms with van der Waals surface area (Å²) in [5.74, 6) is -2.92. The van der Waals surface area contributed by atoms with E-state index in [0.29, 0.717) is 4.90 Å². The number of amides is 2. The minimum atomic E-state index is -4.79. The van der Waals surface area contributed by atoms with Crippen LogP contribution in [-0.4, -0.2) is 59.4 Å². The van der Waals surface area contributed by atoms with E-state index in [2.05, 4.69) is 0 Å². The number of hydrogen-bond donors (Lipinski definition) is 2. The number of carboxylic acids is 1. The van der Waals surface area contributed by atoms with Gasteiger partial charge in [-0.1, -0.05) is 48.5 Å². The number of carbonyl (C=O) groups excluding carboxylic acids is 2. The van der Waals surface area contributed by atoms with Crippen molar-refractivity contribution in [2.45, 2.75) is 43.9 Å². The number of ether oxygens (including phenoxy) is 1. The second kappa shape index (κ2) is 9.36. The Morgan fingerprint density at radius 3 is 2.00 bits per heavy atom. The largest absolute Gasteiger partial charge is 0.480 e. The molecule has 7 nitrogen and oxygen atoms in total. The van der Waals surface area contributed by atoms with Gasteiger partial charge in [0.15, 0.2) is 0 Å². The van der Waals surface area contributed by atoms with Gasteiger partial charge in [-0.15, -0.1) is 0 Å². The fourth-order valence-corrected chi connectivity index (χ4v) is 3.87. The maximum Gasteiger partial charge on any atom is 0.407 e. The van der Waals surface area contributed by atoms with Crippen LogP contribution in [0.3, 0.4) is 0 Å². The van der Waals surface area contributed by atoms with Gasteiger partial charge in [-0.2, -0.15) is 13.2 Å². The molecule has 0 bridgehead atoms. The Hall–Kier alpha value is -3.56. The van der Waals surface area contributed by atoms with E-state index >= 15 is 0 Å². The minimum absolute atomic E-state index is 0.150. The van der Waals surface area contributed by atoms with Gasteiger partial charge in [0.25, 0.3) is 0 Å². The fourth-order valence-electron chi connectivity index (χ4n) is 3.87. The number of hydrogen-bond acceptors (Lipinski definition) is 4. The average Bonchev–Trinajstić information content (AvgIpc) is 3.09. The van der Waals surface area contributed by atoms with E-state index in [-0.39, 0.29) is 12.5 Å². The maximum atomic E-state index is 13.1. The summed E-state index contributed by atoms with van der Waals surface area (Å²) < 4.78 is 44.6. The van der Waals surface area contributed by atoms with E-state index in [1.807, 2.05) is 53.8 Å². The number of carboxylic acid groups (broad SMARTS) is 1. The molecule has 1 aliphatic carbocycles. The van der Waals surface area contributed by atoms with E-state index in [4.69, 9.17) is 4.74 Å². The summed E-state index contributed by atoms with van der Waals surface area (Å²) in [4.78, 5) is 37.2. The van der Waals surface area contributed by atoms with Gasteiger partial charge in [0.05, 0.1) is 6.42 Å². The van der Waals surface area contributed by atoms with E-state index in [1.165, 1.54) is 13.8 Å². The molecule has 0 radical (unpaired) electrons. The molecule has 0 heterocycles. The molecule has 0 aliphatic heterocycles. The highest BCUT2D eigenvalue weighted by atomic mass is 19.4. The van der Waals surface area contributed by atoms with Gasteiger partial charge in [0, 0.05) is 13.0 Å². The highest BCUT2D eigenvalue weighted by Gasteiger charge is 2.43. The second-order valence-electron chi connectivity index (χ2n) is 8.60. The predicted molar refractivity (Wildman–Crippen MR) is 117 cm³/mol. The van der Waals surface area contributed by atoms with Crippen LogP contribution in [0.4, 0.5) is 18.0 Å². The van der Waals surface area contributed by atoms with Crippen molar-refractivity contribution in [2.24, 2.45) is 0 Å². The Morgan fingerprint density at radius 2 is 1.53 bits per heavy atom. The molecule has 10 heteroatoms. The molecule has 0 saturated carbocycles. The van der Waals surface area contributed by atoms with Gasteiger partial charge >= 0.3 is 18.2 Å². The molecule has 0 aromatic heterocycles. The third-order valence-corrected chi connectivity index (χ3v) is 6.06. The minimum Gasteiger partial charge on any atom is -0.480 e. The lowest BCUT2D eigenvalue weighted by Gasteiger charge is -2.34. The Morgan fingerprint density at radius 1 is 1.03 bits per heavy atom. The van der Waals surface area contributed by atoms with E-state index < -0.39 is 42.1 Å². The van der Waals surface area contributed by atoms with Gasteiger partial charge in [0.1, 0.15) is 18.2 Å². The summed E-state index contributed by atoms with van der Waals surface area (Å²) in [6.45, 7) is 2.19. The number of alkyl halides is 3. The summed E-state index contributed by atoms with van der Waals surface area (Å²) in [5.41, 5.74) is 2.01. The first-order chi connectivity index (χ1) is 15.8. The molecule has 1 atom stereocenters. The van der Waals surface area contributed by atoms with Crippen LogP contribution in [0.15, 0.2) is 48.5 Å². The molecule has 2 N–H and O–H groups in total. The van der Waals surface area contributed by atoms with Crippen LogP contribution < -0.4 is 5.32 Å². The molecule has 2 amide bonds. The normalized spacial score (nSPS) is 14.1. The van der Waals surface area contributed by atoms with Crippen LogP contribution in [0.2, 0.25) is 0 Å². The highest BCUT2D eigenvalue weighted by Crippen LogP contribution is 2.44. The van der Waals surface area contributed by atoms with Crippen LogP contribution in [0.25, 0.3) is 11.1 Å². The fraction of sp³-hybridized carbons (Fsp3) is 0.375. The van der Waals surface area contributed by atoms with Gasteiger partial charge < -0.3 is 20.1 Å². The number of nitrogens with one attached hydrogen (secondary N) is 1. The summed E-state index contributed by atoms with van der Waals surface area (Å²) in [6, 6.07) is 13.1. The molecule has 2 aromatic rings. The standard InChI is InChI=1S/C24H25F3N2O5/c1-23(2,21(31)32)29(3)20(30)19(12-24(25,26)27)28-22(33)34-13-18-16-10-6-4-8-14(16)15-9-5-7-11-17(15)18/h4-11,18-19H,12-13H2,1-3H3,(H,28,33)(H,31,32). The molecule has 182 valence electrons. The van der Waals surface area contributed by atoms with Crippen molar-refractivity contribution in [1.82, 2.24) is 10.2 Å². The zero-order valence-electron chi connectivity index (χ0n) is 18.8. The highest BCUT2D eigenvalue weighted by molar-refractivity contribution is 5.90. The summed E-state index contributed by atoms with van der Waals surface area (Å²) in [5, 5.41) is 11.3. The first-order valence-electron chi connectivity index (χ1n) is 10.5. The van der Waals surface area contributed by atoms with Crippen molar-refractivity contribution in [3.8, 4) is 11.1 Å². The van der Waals surface area contributed by atoms with E-state index in [9.17, 15) is 32.7 Å². The number of carbonyl (C=O) groups is 3. The summed E-state index contributed by atoms with van der Waals surface area (Å²) in [7, 11) is 1.07. The molecular weight excluding hydrogens is 453 g/mol. The molecule has 0 fully saturated rings. The van der Waals surface area contributed by atoms with Crippen LogP contribution in [0.5, 0.6) is 0 Å². The summed E-state index contributed by atoms with van der Waals surface area (Å²) in [6.07, 6.45) is -7.66. The van der Waals surface area contributed by atoms with E-state index in [0.717, 1.165) is 29.3 Å². The zero-order chi connectivity index (χ0) is 25.3. The Bertz CT molecular complexity index is 1050. The SMILES string of the molecule is CN(C(=O)C(CC(F)(F)F)NC(=O)OCC1c2ccccc2-c2ccccc21)C(C)(C)C(=O)O. The van der Waals surface area contributed by atoms with Crippen molar-refractivity contribution >= 4 is 18.0 Å². The number of likely N-dealkylation sites (N-methyl/N-ethyl adjacent to an activating group) is 1. The van der Waals surface area contributed by atoms with Crippen molar-refractivity contribution in [3.05, 3.63) is 59.7 Å². The smallest absolute Gasteiger partial charge is 0.407 e. The number of benzene rings is 2. The number of nitrogens with zero attached hydrogens (tertiary/aromatic N) is 1. The Balaban J connectivity index is 1.74. The van der Waals surface area contributed by atoms with Gasteiger partial charge in [-0.3, -0.25) is 4.79 Å². The lowest BCUT2D eigenvalue weighted by atomic mass is 9.98. The van der Waals surface area contributed by atoms with Crippen molar-refractivity contribution < 1.29 is 37.4 Å². The number of halogens is 3. The topological polar surface area (TPSA) is 95.9 Å². The Kier molecular flexibility index (Phi) is 6.90. The predicted octanol–water partition coefficient (Wildman–Crippen LogP) is 4.17. The van der Waals surface area contributed by atoms with Crippen LogP contribution in [0.1, 0.15) is 37.3 Å². The van der Waals surface area contributed by atoms with Crippen molar-refractivity contribution in [1.29, 1.82) is 0 Å². The monoisotopic (exact) mass is 478 g/mol. The zero-order valence-corrected chi connectivity index (χ0v) is 18.8. The molecule has 2 aromatic carbocycles. The maximum absolute atomic E-state index is 13.1. The lowest BCUT2D eigenvalue weighted by Crippen LogP contribution is -2.57. The molecule has 34 heavy (non-hydrogen) atoms. The number of alkyl carbamates (subject to hydrolysis) is 1. The summed E-state index contributed by atoms with van der Waals surface area (Å²) >= 11 is 0. The molecule has 1 unspecified atom stereocenters. The van der Waals surface area contributed by atoms with Crippen LogP contribution >= 0.6 is 0 Å². The molecule has 3 rings (SSSR count). The third kappa shape index (κ3) is 5.16. The Labute approximate surface area is 194 Å². The number of fused-ring (bicyclic) bond motifs is 3. The third-order valence-electron chi connectivity index (χ3n) is 6.06.